The Kier molecular flexibility index (Phi) is 4.73. The molecule has 0 aliphatic carbocycles. The first kappa shape index (κ1) is 17.7. The highest BCUT2D eigenvalue weighted by Crippen LogP contribution is 2.50. The fourth-order valence-corrected chi connectivity index (χ4v) is 4.17. The number of ether oxygens (including phenoxy) is 1. The maximum Gasteiger partial charge on any atom is 0.238 e. The SMILES string of the molecule is CCN(CC)C(=O)[C@H]1C(=O)N(CCO)[C@]2(C)C[C@@H]1c1ccccc1O2. The summed E-state index contributed by atoms with van der Waals surface area (Å²) in [5, 5.41) is 9.42. The van der Waals surface area contributed by atoms with Crippen molar-refractivity contribution in [2.75, 3.05) is 26.2 Å². The average Bonchev–Trinajstić information content (AvgIpc) is 2.59. The lowest BCUT2D eigenvalue weighted by Crippen LogP contribution is -2.65. The van der Waals surface area contributed by atoms with Crippen LogP contribution in [0.25, 0.3) is 0 Å². The van der Waals surface area contributed by atoms with Gasteiger partial charge in [-0.25, -0.2) is 0 Å². The lowest BCUT2D eigenvalue weighted by Gasteiger charge is -2.53. The number of nitrogens with zero attached hydrogens (tertiary/aromatic N) is 2. The number of rotatable bonds is 5. The molecule has 1 N–H and O–H groups in total. The summed E-state index contributed by atoms with van der Waals surface area (Å²) in [6, 6.07) is 7.62. The number of piperidine rings is 1. The van der Waals surface area contributed by atoms with Gasteiger partial charge in [-0.15, -0.1) is 0 Å². The molecule has 6 heteroatoms. The minimum atomic E-state index is -0.834. The summed E-state index contributed by atoms with van der Waals surface area (Å²) in [6.07, 6.45) is 0.549. The van der Waals surface area contributed by atoms with Crippen molar-refractivity contribution in [3.8, 4) is 5.75 Å². The van der Waals surface area contributed by atoms with Crippen LogP contribution in [0.4, 0.5) is 0 Å². The molecule has 2 heterocycles. The van der Waals surface area contributed by atoms with E-state index in [0.717, 1.165) is 5.56 Å². The van der Waals surface area contributed by atoms with E-state index in [2.05, 4.69) is 0 Å². The van der Waals surface area contributed by atoms with Crippen LogP contribution in [0.15, 0.2) is 24.3 Å². The largest absolute Gasteiger partial charge is 0.468 e. The van der Waals surface area contributed by atoms with Gasteiger partial charge in [-0.3, -0.25) is 9.59 Å². The van der Waals surface area contributed by atoms with Crippen LogP contribution in [0.2, 0.25) is 0 Å². The van der Waals surface area contributed by atoms with Gasteiger partial charge in [0.1, 0.15) is 11.7 Å². The molecule has 2 aliphatic rings. The van der Waals surface area contributed by atoms with Gasteiger partial charge in [0.15, 0.2) is 5.72 Å². The van der Waals surface area contributed by atoms with Crippen molar-refractivity contribution in [3.05, 3.63) is 29.8 Å². The van der Waals surface area contributed by atoms with Crippen molar-refractivity contribution in [3.63, 3.8) is 0 Å². The van der Waals surface area contributed by atoms with Crippen LogP contribution in [-0.2, 0) is 9.59 Å². The summed E-state index contributed by atoms with van der Waals surface area (Å²) >= 11 is 0. The van der Waals surface area contributed by atoms with E-state index in [4.69, 9.17) is 4.74 Å². The fourth-order valence-electron chi connectivity index (χ4n) is 4.17. The molecule has 2 aliphatic heterocycles. The number of β-amino-alcohol motifs (C(OH)–C–C–N with tert-alkyl or cyclic N) is 1. The van der Waals surface area contributed by atoms with E-state index >= 15 is 0 Å². The fraction of sp³-hybridized carbons (Fsp3) is 0.579. The molecule has 6 nitrogen and oxygen atoms in total. The molecule has 0 aromatic heterocycles. The molecule has 25 heavy (non-hydrogen) atoms. The van der Waals surface area contributed by atoms with Crippen LogP contribution in [0.1, 0.15) is 38.7 Å². The molecule has 0 spiro atoms. The number of benzene rings is 1. The minimum Gasteiger partial charge on any atom is -0.468 e. The monoisotopic (exact) mass is 346 g/mol. The molecule has 0 saturated carbocycles. The molecule has 1 fully saturated rings. The zero-order chi connectivity index (χ0) is 18.2. The molecule has 0 radical (unpaired) electrons. The Morgan fingerprint density at radius 3 is 2.68 bits per heavy atom. The molecule has 1 saturated heterocycles. The van der Waals surface area contributed by atoms with Gasteiger partial charge in [0.25, 0.3) is 0 Å². The molecule has 136 valence electrons. The number of hydrogen-bond acceptors (Lipinski definition) is 4. The average molecular weight is 346 g/mol. The van der Waals surface area contributed by atoms with Gasteiger partial charge in [0, 0.05) is 32.0 Å². The first-order chi connectivity index (χ1) is 12.0. The minimum absolute atomic E-state index is 0.137. The highest BCUT2D eigenvalue weighted by atomic mass is 16.5. The van der Waals surface area contributed by atoms with Gasteiger partial charge in [0.2, 0.25) is 11.8 Å². The topological polar surface area (TPSA) is 70.1 Å². The number of aliphatic hydroxyl groups excluding tert-OH is 1. The van der Waals surface area contributed by atoms with Gasteiger partial charge < -0.3 is 19.6 Å². The summed E-state index contributed by atoms with van der Waals surface area (Å²) in [4.78, 5) is 29.6. The standard InChI is InChI=1S/C19H26N2O4/c1-4-20(5-2)17(23)16-14-12-19(3,21(10-11-22)18(16)24)25-15-9-7-6-8-13(14)15/h6-9,14,16,22H,4-5,10-12H2,1-3H3/t14-,16+,19+/m1/s1. The molecule has 1 aromatic carbocycles. The third-order valence-corrected chi connectivity index (χ3v) is 5.42. The van der Waals surface area contributed by atoms with E-state index in [9.17, 15) is 14.7 Å². The van der Waals surface area contributed by atoms with Crippen molar-refractivity contribution in [1.29, 1.82) is 0 Å². The number of fused-ring (bicyclic) bond motifs is 4. The van der Waals surface area contributed by atoms with Crippen molar-refractivity contribution < 1.29 is 19.4 Å². The molecule has 2 bridgehead atoms. The second kappa shape index (κ2) is 6.67. The smallest absolute Gasteiger partial charge is 0.238 e. The molecule has 2 amide bonds. The van der Waals surface area contributed by atoms with Gasteiger partial charge in [-0.2, -0.15) is 0 Å². The molecular weight excluding hydrogens is 320 g/mol. The Balaban J connectivity index is 2.09. The molecular formula is C19H26N2O4. The Labute approximate surface area is 148 Å². The summed E-state index contributed by atoms with van der Waals surface area (Å²) in [5.74, 6) is -0.634. The predicted octanol–water partition coefficient (Wildman–Crippen LogP) is 1.59. The Hall–Kier alpha value is -2.08. The van der Waals surface area contributed by atoms with E-state index in [1.54, 1.807) is 4.90 Å². The number of aliphatic hydroxyl groups is 1. The van der Waals surface area contributed by atoms with E-state index in [0.29, 0.717) is 25.3 Å². The van der Waals surface area contributed by atoms with Crippen molar-refractivity contribution in [2.45, 2.75) is 38.8 Å². The van der Waals surface area contributed by atoms with Crippen LogP contribution in [0, 0.1) is 5.92 Å². The van der Waals surface area contributed by atoms with Crippen molar-refractivity contribution >= 4 is 11.8 Å². The Morgan fingerprint density at radius 1 is 1.36 bits per heavy atom. The molecule has 3 atom stereocenters. The van der Waals surface area contributed by atoms with Crippen LogP contribution in [0.3, 0.4) is 0 Å². The second-order valence-corrected chi connectivity index (χ2v) is 6.83. The lowest BCUT2D eigenvalue weighted by atomic mass is 9.73. The normalized spacial score (nSPS) is 27.5. The third kappa shape index (κ3) is 2.78. The van der Waals surface area contributed by atoms with Gasteiger partial charge in [0.05, 0.1) is 6.61 Å². The van der Waals surface area contributed by atoms with Crippen LogP contribution < -0.4 is 4.74 Å². The Bertz CT molecular complexity index is 673. The zero-order valence-corrected chi connectivity index (χ0v) is 15.1. The van der Waals surface area contributed by atoms with E-state index < -0.39 is 11.6 Å². The summed E-state index contributed by atoms with van der Waals surface area (Å²) in [5.41, 5.74) is 0.0845. The number of amides is 2. The highest BCUT2D eigenvalue weighted by molar-refractivity contribution is 6.02. The highest BCUT2D eigenvalue weighted by Gasteiger charge is 2.56. The van der Waals surface area contributed by atoms with Crippen molar-refractivity contribution in [2.24, 2.45) is 5.92 Å². The number of carbonyl (C=O) groups excluding carboxylic acids is 2. The van der Waals surface area contributed by atoms with E-state index in [1.807, 2.05) is 45.0 Å². The third-order valence-electron chi connectivity index (χ3n) is 5.42. The van der Waals surface area contributed by atoms with E-state index in [-0.39, 0.29) is 30.9 Å². The Morgan fingerprint density at radius 2 is 2.04 bits per heavy atom. The molecule has 0 unspecified atom stereocenters. The second-order valence-electron chi connectivity index (χ2n) is 6.83. The summed E-state index contributed by atoms with van der Waals surface area (Å²) in [6.45, 7) is 6.84. The van der Waals surface area contributed by atoms with Crippen LogP contribution in [0.5, 0.6) is 5.75 Å². The lowest BCUT2D eigenvalue weighted by molar-refractivity contribution is -0.179. The van der Waals surface area contributed by atoms with E-state index in [1.165, 1.54) is 4.90 Å². The number of carbonyl (C=O) groups is 2. The quantitative estimate of drug-likeness (QED) is 0.822. The van der Waals surface area contributed by atoms with Crippen LogP contribution in [-0.4, -0.2) is 58.7 Å². The van der Waals surface area contributed by atoms with Gasteiger partial charge >= 0.3 is 0 Å². The number of para-hydroxylation sites is 1. The maximum absolute atomic E-state index is 13.2. The zero-order valence-electron chi connectivity index (χ0n) is 15.1. The van der Waals surface area contributed by atoms with Crippen molar-refractivity contribution in [1.82, 2.24) is 9.80 Å². The van der Waals surface area contributed by atoms with Gasteiger partial charge in [-0.05, 0) is 32.4 Å². The maximum atomic E-state index is 13.2. The molecule has 3 rings (SSSR count). The first-order valence-corrected chi connectivity index (χ1v) is 8.95. The molecule has 1 aromatic rings. The predicted molar refractivity (Wildman–Crippen MR) is 93.0 cm³/mol. The summed E-state index contributed by atoms with van der Waals surface area (Å²) < 4.78 is 6.14. The van der Waals surface area contributed by atoms with Crippen LogP contribution >= 0.6 is 0 Å². The van der Waals surface area contributed by atoms with Gasteiger partial charge in [-0.1, -0.05) is 18.2 Å². The number of hydrogen-bond donors (Lipinski definition) is 1. The summed E-state index contributed by atoms with van der Waals surface area (Å²) in [7, 11) is 0. The number of likely N-dealkylation sites (tertiary alicyclic amines) is 1. The first-order valence-electron chi connectivity index (χ1n) is 8.95.